The van der Waals surface area contributed by atoms with Crippen molar-refractivity contribution in [3.8, 4) is 22.5 Å². The van der Waals surface area contributed by atoms with E-state index in [1.807, 2.05) is 84.9 Å². The molecule has 2 fully saturated rings. The van der Waals surface area contributed by atoms with Crippen molar-refractivity contribution >= 4 is 69.6 Å². The van der Waals surface area contributed by atoms with Crippen LogP contribution in [0.15, 0.2) is 133 Å². The average molecular weight is 814 g/mol. The number of pyridine rings is 2. The SMILES string of the molecule is CN(C(=O)N(C)c1cccc(-c2cccc(N3CCCC3)n2)c1)c1ccc(Cl)cc1.O=C(Nc1ccc(Cl)cc1)Nc1cccc(-c2cccc(N3CCCC3)n2)c1. The minimum Gasteiger partial charge on any atom is -0.357 e. The number of rotatable bonds is 8. The molecule has 4 heterocycles. The Bertz CT molecular complexity index is 2330. The Morgan fingerprint density at radius 3 is 1.57 bits per heavy atom. The number of aromatic nitrogens is 2. The van der Waals surface area contributed by atoms with E-state index in [1.54, 1.807) is 60.3 Å². The summed E-state index contributed by atoms with van der Waals surface area (Å²) in [6, 6.07) is 41.6. The van der Waals surface area contributed by atoms with Crippen molar-refractivity contribution in [2.75, 3.05) is 70.5 Å². The smallest absolute Gasteiger partial charge is 0.328 e. The largest absolute Gasteiger partial charge is 0.357 e. The molecule has 0 unspecified atom stereocenters. The van der Waals surface area contributed by atoms with Crippen LogP contribution < -0.4 is 30.2 Å². The third kappa shape index (κ3) is 10.2. The van der Waals surface area contributed by atoms with Crippen molar-refractivity contribution in [2.24, 2.45) is 0 Å². The fraction of sp³-hybridized carbons (Fsp3) is 0.217. The predicted octanol–water partition coefficient (Wildman–Crippen LogP) is 11.3. The molecular formula is C46H46Cl2N8O2. The molecule has 6 aromatic rings. The highest BCUT2D eigenvalue weighted by molar-refractivity contribution is 6.31. The van der Waals surface area contributed by atoms with Gasteiger partial charge in [0.2, 0.25) is 0 Å². The normalized spacial score (nSPS) is 13.4. The number of nitrogens with zero attached hydrogens (tertiary/aromatic N) is 6. The highest BCUT2D eigenvalue weighted by Crippen LogP contribution is 2.28. The summed E-state index contributed by atoms with van der Waals surface area (Å²) in [5.41, 5.74) is 6.74. The van der Waals surface area contributed by atoms with Gasteiger partial charge in [-0.25, -0.2) is 19.6 Å². The summed E-state index contributed by atoms with van der Waals surface area (Å²) in [6.07, 6.45) is 4.87. The molecule has 10 nitrogen and oxygen atoms in total. The summed E-state index contributed by atoms with van der Waals surface area (Å²) in [5, 5.41) is 6.93. The predicted molar refractivity (Wildman–Crippen MR) is 240 cm³/mol. The summed E-state index contributed by atoms with van der Waals surface area (Å²) in [4.78, 5) is 42.8. The number of benzene rings is 4. The molecular weight excluding hydrogens is 767 g/mol. The number of hydrogen-bond acceptors (Lipinski definition) is 6. The van der Waals surface area contributed by atoms with Crippen LogP contribution in [0.25, 0.3) is 22.5 Å². The molecule has 0 radical (unpaired) electrons. The number of anilines is 6. The van der Waals surface area contributed by atoms with Crippen molar-refractivity contribution in [3.05, 3.63) is 144 Å². The lowest BCUT2D eigenvalue weighted by molar-refractivity contribution is 0.253. The summed E-state index contributed by atoms with van der Waals surface area (Å²) >= 11 is 11.8. The van der Waals surface area contributed by atoms with Crippen LogP contribution in [0.3, 0.4) is 0 Å². The molecule has 4 amide bonds. The second kappa shape index (κ2) is 18.9. The first-order chi connectivity index (χ1) is 28.2. The molecule has 296 valence electrons. The van der Waals surface area contributed by atoms with Gasteiger partial charge in [-0.15, -0.1) is 0 Å². The van der Waals surface area contributed by atoms with Gasteiger partial charge < -0.3 is 20.4 Å². The Morgan fingerprint density at radius 2 is 1.00 bits per heavy atom. The van der Waals surface area contributed by atoms with Crippen LogP contribution in [0.4, 0.5) is 44.0 Å². The molecule has 0 atom stereocenters. The Balaban J connectivity index is 0.000000177. The third-order valence-corrected chi connectivity index (χ3v) is 10.7. The van der Waals surface area contributed by atoms with Crippen molar-refractivity contribution in [1.82, 2.24) is 9.97 Å². The molecule has 4 aromatic carbocycles. The molecule has 2 aliphatic heterocycles. The van der Waals surface area contributed by atoms with Crippen LogP contribution in [-0.2, 0) is 0 Å². The first-order valence-electron chi connectivity index (χ1n) is 19.5. The first kappa shape index (κ1) is 40.1. The minimum absolute atomic E-state index is 0.131. The van der Waals surface area contributed by atoms with E-state index in [0.717, 1.165) is 71.7 Å². The van der Waals surface area contributed by atoms with E-state index < -0.39 is 0 Å². The van der Waals surface area contributed by atoms with Crippen molar-refractivity contribution in [1.29, 1.82) is 0 Å². The van der Waals surface area contributed by atoms with Gasteiger partial charge in [0.15, 0.2) is 0 Å². The number of amides is 4. The topological polar surface area (TPSA) is 96.9 Å². The monoisotopic (exact) mass is 812 g/mol. The lowest BCUT2D eigenvalue weighted by Gasteiger charge is -2.25. The summed E-state index contributed by atoms with van der Waals surface area (Å²) < 4.78 is 0. The van der Waals surface area contributed by atoms with Gasteiger partial charge in [0.1, 0.15) is 11.6 Å². The van der Waals surface area contributed by atoms with E-state index in [2.05, 4.69) is 32.6 Å². The van der Waals surface area contributed by atoms with E-state index >= 15 is 0 Å². The number of hydrogen-bond donors (Lipinski definition) is 2. The maximum absolute atomic E-state index is 13.0. The van der Waals surface area contributed by atoms with Gasteiger partial charge in [0, 0.05) is 84.2 Å². The molecule has 0 spiro atoms. The molecule has 58 heavy (non-hydrogen) atoms. The van der Waals surface area contributed by atoms with Crippen LogP contribution in [-0.4, -0.2) is 62.3 Å². The number of carbonyl (C=O) groups excluding carboxylic acids is 2. The second-order valence-electron chi connectivity index (χ2n) is 14.2. The number of nitrogens with one attached hydrogen (secondary N) is 2. The standard InChI is InChI=1S/C24H25ClN4O.C22H21ClN4O/c1-27(20-13-11-19(25)12-14-20)24(30)28(2)21-8-5-7-18(17-21)22-9-6-10-23(26-22)29-15-3-4-16-29;23-17-9-11-18(12-10-17)24-22(28)25-19-6-3-5-16(15-19)20-7-4-8-21(26-20)27-13-1-2-14-27/h5-14,17H,3-4,15-16H2,1-2H3;3-12,15H,1-2,13-14H2,(H2,24,25,28). The summed E-state index contributed by atoms with van der Waals surface area (Å²) in [5.74, 6) is 2.02. The van der Waals surface area contributed by atoms with Crippen LogP contribution in [0.2, 0.25) is 10.0 Å². The molecule has 2 saturated heterocycles. The van der Waals surface area contributed by atoms with E-state index in [-0.39, 0.29) is 12.1 Å². The maximum Gasteiger partial charge on any atom is 0.328 e. The molecule has 0 bridgehead atoms. The zero-order valence-corrected chi connectivity index (χ0v) is 34.1. The van der Waals surface area contributed by atoms with Gasteiger partial charge in [-0.2, -0.15) is 0 Å². The van der Waals surface area contributed by atoms with E-state index in [9.17, 15) is 9.59 Å². The highest BCUT2D eigenvalue weighted by Gasteiger charge is 2.19. The van der Waals surface area contributed by atoms with Crippen molar-refractivity contribution in [2.45, 2.75) is 25.7 Å². The molecule has 2 N–H and O–H groups in total. The van der Waals surface area contributed by atoms with Gasteiger partial charge in [-0.1, -0.05) is 59.6 Å². The second-order valence-corrected chi connectivity index (χ2v) is 15.1. The first-order valence-corrected chi connectivity index (χ1v) is 20.2. The lowest BCUT2D eigenvalue weighted by Crippen LogP contribution is -2.38. The Kier molecular flexibility index (Phi) is 13.1. The maximum atomic E-state index is 13.0. The fourth-order valence-corrected chi connectivity index (χ4v) is 7.23. The third-order valence-electron chi connectivity index (χ3n) is 10.2. The number of urea groups is 2. The van der Waals surface area contributed by atoms with Crippen LogP contribution in [0, 0.1) is 0 Å². The Hall–Kier alpha value is -6.10. The molecule has 12 heteroatoms. The Morgan fingerprint density at radius 1 is 0.534 bits per heavy atom. The van der Waals surface area contributed by atoms with E-state index in [4.69, 9.17) is 33.2 Å². The molecule has 2 aliphatic rings. The van der Waals surface area contributed by atoms with Crippen LogP contribution in [0.1, 0.15) is 25.7 Å². The van der Waals surface area contributed by atoms with Gasteiger partial charge in [0.25, 0.3) is 0 Å². The van der Waals surface area contributed by atoms with Gasteiger partial charge in [-0.3, -0.25) is 9.80 Å². The number of carbonyl (C=O) groups is 2. The van der Waals surface area contributed by atoms with Crippen LogP contribution >= 0.6 is 23.2 Å². The van der Waals surface area contributed by atoms with Crippen LogP contribution in [0.5, 0.6) is 0 Å². The van der Waals surface area contributed by atoms with Gasteiger partial charge in [0.05, 0.1) is 11.4 Å². The minimum atomic E-state index is -0.307. The van der Waals surface area contributed by atoms with Crippen molar-refractivity contribution in [3.63, 3.8) is 0 Å². The van der Waals surface area contributed by atoms with E-state index in [1.165, 1.54) is 25.7 Å². The van der Waals surface area contributed by atoms with Gasteiger partial charge in [-0.05, 0) is 123 Å². The zero-order chi connectivity index (χ0) is 40.4. The molecule has 0 aliphatic carbocycles. The quantitative estimate of drug-likeness (QED) is 0.159. The Labute approximate surface area is 350 Å². The molecule has 0 saturated carbocycles. The summed E-state index contributed by atoms with van der Waals surface area (Å²) in [6.45, 7) is 4.24. The van der Waals surface area contributed by atoms with Gasteiger partial charge >= 0.3 is 12.1 Å². The lowest BCUT2D eigenvalue weighted by atomic mass is 10.1. The fourth-order valence-electron chi connectivity index (χ4n) is 6.98. The zero-order valence-electron chi connectivity index (χ0n) is 32.6. The number of halogens is 2. The molecule has 8 rings (SSSR count). The van der Waals surface area contributed by atoms with Crippen molar-refractivity contribution < 1.29 is 9.59 Å². The summed E-state index contributed by atoms with van der Waals surface area (Å²) in [7, 11) is 3.54. The average Bonchev–Trinajstić information content (AvgIpc) is 4.01. The molecule has 2 aromatic heterocycles. The van der Waals surface area contributed by atoms with E-state index in [0.29, 0.717) is 21.4 Å². The highest BCUT2D eigenvalue weighted by atomic mass is 35.5.